The van der Waals surface area contributed by atoms with Gasteiger partial charge in [-0.05, 0) is 25.2 Å². The van der Waals surface area contributed by atoms with Crippen molar-refractivity contribution in [2.24, 2.45) is 11.8 Å². The molecule has 0 spiro atoms. The molecule has 0 amide bonds. The zero-order valence-corrected chi connectivity index (χ0v) is 14.7. The Morgan fingerprint density at radius 2 is 1.68 bits per heavy atom. The van der Waals surface area contributed by atoms with Crippen molar-refractivity contribution in [2.75, 3.05) is 6.61 Å². The monoisotopic (exact) mass is 312 g/mol. The van der Waals surface area contributed by atoms with Crippen LogP contribution in [-0.2, 0) is 9.53 Å². The quantitative estimate of drug-likeness (QED) is 0.324. The highest BCUT2D eigenvalue weighted by molar-refractivity contribution is 5.70. The first kappa shape index (κ1) is 19.5. The van der Waals surface area contributed by atoms with Crippen molar-refractivity contribution in [1.29, 1.82) is 0 Å². The summed E-state index contributed by atoms with van der Waals surface area (Å²) < 4.78 is 5.21. The molecule has 3 heteroatoms. The van der Waals surface area contributed by atoms with Crippen LogP contribution < -0.4 is 0 Å². The minimum absolute atomic E-state index is 0.138. The minimum atomic E-state index is -0.583. The molecule has 0 aromatic carbocycles. The van der Waals surface area contributed by atoms with E-state index >= 15 is 0 Å². The second-order valence-electron chi connectivity index (χ2n) is 6.91. The standard InChI is InChI=1S/C19H36O3/c1-3-5-6-7-8-9-12-16(4-2)18(19(20)21)14-11-10-13-17-15-22-17/h16-18H,3-15H2,1-2H3,(H,20,21). The van der Waals surface area contributed by atoms with Gasteiger partial charge in [-0.3, -0.25) is 4.79 Å². The topological polar surface area (TPSA) is 49.8 Å². The van der Waals surface area contributed by atoms with Crippen LogP contribution in [0, 0.1) is 11.8 Å². The molecule has 1 rings (SSSR count). The fourth-order valence-electron chi connectivity index (χ4n) is 3.41. The molecule has 130 valence electrons. The largest absolute Gasteiger partial charge is 0.481 e. The van der Waals surface area contributed by atoms with Gasteiger partial charge < -0.3 is 9.84 Å². The van der Waals surface area contributed by atoms with Crippen LogP contribution in [0.4, 0.5) is 0 Å². The molecule has 1 heterocycles. The molecule has 3 atom stereocenters. The van der Waals surface area contributed by atoms with Crippen LogP contribution in [0.25, 0.3) is 0 Å². The number of unbranched alkanes of at least 4 members (excludes halogenated alkanes) is 6. The maximum atomic E-state index is 11.6. The van der Waals surface area contributed by atoms with Crippen molar-refractivity contribution in [3.05, 3.63) is 0 Å². The smallest absolute Gasteiger partial charge is 0.306 e. The first-order valence-electron chi connectivity index (χ1n) is 9.53. The fraction of sp³-hybridized carbons (Fsp3) is 0.947. The third kappa shape index (κ3) is 8.77. The van der Waals surface area contributed by atoms with Crippen molar-refractivity contribution < 1.29 is 14.6 Å². The Balaban J connectivity index is 2.19. The van der Waals surface area contributed by atoms with Crippen molar-refractivity contribution in [3.8, 4) is 0 Å². The van der Waals surface area contributed by atoms with Gasteiger partial charge in [-0.25, -0.2) is 0 Å². The molecule has 1 N–H and O–H groups in total. The number of rotatable bonds is 15. The lowest BCUT2D eigenvalue weighted by Crippen LogP contribution is -2.23. The summed E-state index contributed by atoms with van der Waals surface area (Å²) in [6.07, 6.45) is 14.4. The van der Waals surface area contributed by atoms with Gasteiger partial charge in [0.05, 0.1) is 18.6 Å². The number of hydrogen-bond acceptors (Lipinski definition) is 2. The van der Waals surface area contributed by atoms with E-state index in [9.17, 15) is 9.90 Å². The molecule has 0 aliphatic carbocycles. The van der Waals surface area contributed by atoms with Crippen molar-refractivity contribution in [2.45, 2.75) is 97.0 Å². The summed E-state index contributed by atoms with van der Waals surface area (Å²) in [6.45, 7) is 5.30. The van der Waals surface area contributed by atoms with Crippen LogP contribution in [0.3, 0.4) is 0 Å². The molecule has 3 nitrogen and oxygen atoms in total. The van der Waals surface area contributed by atoms with Crippen molar-refractivity contribution >= 4 is 5.97 Å². The Bertz CT molecular complexity index is 286. The summed E-state index contributed by atoms with van der Waals surface area (Å²) >= 11 is 0. The average Bonchev–Trinajstić information content (AvgIpc) is 3.31. The highest BCUT2D eigenvalue weighted by atomic mass is 16.6. The van der Waals surface area contributed by atoms with E-state index in [-0.39, 0.29) is 5.92 Å². The highest BCUT2D eigenvalue weighted by Crippen LogP contribution is 2.28. The fourth-order valence-corrected chi connectivity index (χ4v) is 3.41. The van der Waals surface area contributed by atoms with Crippen molar-refractivity contribution in [1.82, 2.24) is 0 Å². The second kappa shape index (κ2) is 11.9. The third-order valence-electron chi connectivity index (χ3n) is 5.03. The van der Waals surface area contributed by atoms with E-state index < -0.39 is 5.97 Å². The second-order valence-corrected chi connectivity index (χ2v) is 6.91. The first-order chi connectivity index (χ1) is 10.7. The number of ether oxygens (including phenoxy) is 1. The van der Waals surface area contributed by atoms with E-state index in [1.165, 1.54) is 38.5 Å². The van der Waals surface area contributed by atoms with Crippen LogP contribution in [0.15, 0.2) is 0 Å². The maximum Gasteiger partial charge on any atom is 0.306 e. The van der Waals surface area contributed by atoms with Gasteiger partial charge in [0.1, 0.15) is 0 Å². The van der Waals surface area contributed by atoms with E-state index in [0.29, 0.717) is 12.0 Å². The number of hydrogen-bond donors (Lipinski definition) is 1. The SMILES string of the molecule is CCCCCCCCC(CC)C(CCCCC1CO1)C(=O)O. The maximum absolute atomic E-state index is 11.6. The van der Waals surface area contributed by atoms with E-state index in [2.05, 4.69) is 13.8 Å². The molecular formula is C19H36O3. The Morgan fingerprint density at radius 1 is 1.05 bits per heavy atom. The number of aliphatic carboxylic acids is 1. The predicted molar refractivity (Wildman–Crippen MR) is 91.1 cm³/mol. The molecule has 3 unspecified atom stereocenters. The Hall–Kier alpha value is -0.570. The van der Waals surface area contributed by atoms with Gasteiger partial charge in [-0.2, -0.15) is 0 Å². The number of carboxylic acid groups (broad SMARTS) is 1. The summed E-state index contributed by atoms with van der Waals surface area (Å²) in [5.41, 5.74) is 0. The lowest BCUT2D eigenvalue weighted by Gasteiger charge is -2.23. The van der Waals surface area contributed by atoms with Gasteiger partial charge >= 0.3 is 5.97 Å². The lowest BCUT2D eigenvalue weighted by molar-refractivity contribution is -0.144. The number of epoxide rings is 1. The molecule has 1 saturated heterocycles. The van der Waals surface area contributed by atoms with Crippen LogP contribution in [0.1, 0.15) is 90.9 Å². The van der Waals surface area contributed by atoms with Gasteiger partial charge in [0, 0.05) is 0 Å². The molecule has 1 aliphatic heterocycles. The Morgan fingerprint density at radius 3 is 2.27 bits per heavy atom. The zero-order valence-electron chi connectivity index (χ0n) is 14.7. The summed E-state index contributed by atoms with van der Waals surface area (Å²) in [6, 6.07) is 0. The molecule has 0 bridgehead atoms. The van der Waals surface area contributed by atoms with Crippen LogP contribution in [-0.4, -0.2) is 23.8 Å². The van der Waals surface area contributed by atoms with Gasteiger partial charge in [-0.1, -0.05) is 71.6 Å². The number of carboxylic acids is 1. The normalized spacial score (nSPS) is 19.8. The summed E-state index contributed by atoms with van der Waals surface area (Å²) in [7, 11) is 0. The van der Waals surface area contributed by atoms with E-state index in [1.807, 2.05) is 0 Å². The first-order valence-corrected chi connectivity index (χ1v) is 9.53. The third-order valence-corrected chi connectivity index (χ3v) is 5.03. The van der Waals surface area contributed by atoms with Crippen LogP contribution in [0.5, 0.6) is 0 Å². The van der Waals surface area contributed by atoms with E-state index in [1.54, 1.807) is 0 Å². The minimum Gasteiger partial charge on any atom is -0.481 e. The van der Waals surface area contributed by atoms with E-state index in [4.69, 9.17) is 4.74 Å². The van der Waals surface area contributed by atoms with Crippen LogP contribution in [0.2, 0.25) is 0 Å². The molecule has 0 aromatic heterocycles. The molecule has 1 aliphatic rings. The van der Waals surface area contributed by atoms with Crippen molar-refractivity contribution in [3.63, 3.8) is 0 Å². The summed E-state index contributed by atoms with van der Waals surface area (Å²) in [4.78, 5) is 11.6. The molecule has 0 aromatic rings. The Labute approximate surface area is 136 Å². The van der Waals surface area contributed by atoms with E-state index in [0.717, 1.165) is 45.1 Å². The molecule has 22 heavy (non-hydrogen) atoms. The van der Waals surface area contributed by atoms with Crippen LogP contribution >= 0.6 is 0 Å². The number of carbonyl (C=O) groups is 1. The predicted octanol–water partition coefficient (Wildman–Crippen LogP) is 5.42. The Kier molecular flexibility index (Phi) is 10.6. The van der Waals surface area contributed by atoms with Gasteiger partial charge in [-0.15, -0.1) is 0 Å². The molecule has 1 fully saturated rings. The molecule has 0 radical (unpaired) electrons. The highest BCUT2D eigenvalue weighted by Gasteiger charge is 2.27. The molecular weight excluding hydrogens is 276 g/mol. The van der Waals surface area contributed by atoms with Gasteiger partial charge in [0.15, 0.2) is 0 Å². The average molecular weight is 312 g/mol. The van der Waals surface area contributed by atoms with Gasteiger partial charge in [0.2, 0.25) is 0 Å². The lowest BCUT2D eigenvalue weighted by atomic mass is 9.82. The molecule has 0 saturated carbocycles. The summed E-state index contributed by atoms with van der Waals surface area (Å²) in [5.74, 6) is -0.359. The zero-order chi connectivity index (χ0) is 16.2. The van der Waals surface area contributed by atoms with Gasteiger partial charge in [0.25, 0.3) is 0 Å². The summed E-state index contributed by atoms with van der Waals surface area (Å²) in [5, 5.41) is 9.54.